The maximum atomic E-state index is 11.5. The van der Waals surface area contributed by atoms with Crippen LogP contribution >= 0.6 is 0 Å². The monoisotopic (exact) mass is 321 g/mol. The summed E-state index contributed by atoms with van der Waals surface area (Å²) in [6, 6.07) is 9.80. The molecule has 2 rings (SSSR count). The molecule has 1 aromatic carbocycles. The van der Waals surface area contributed by atoms with E-state index in [1.807, 2.05) is 12.1 Å². The Labute approximate surface area is 132 Å². The van der Waals surface area contributed by atoms with Gasteiger partial charge >= 0.3 is 0 Å². The molecule has 1 aromatic rings. The largest absolute Gasteiger partial charge is 0.306 e. The second-order valence-corrected chi connectivity index (χ2v) is 7.79. The molecule has 120 valence electrons. The maximum absolute atomic E-state index is 11.5. The van der Waals surface area contributed by atoms with Crippen molar-refractivity contribution in [3.63, 3.8) is 0 Å². The van der Waals surface area contributed by atoms with Gasteiger partial charge in [0, 0.05) is 18.1 Å². The lowest BCUT2D eigenvalue weighted by Crippen LogP contribution is -2.51. The van der Waals surface area contributed by atoms with E-state index < -0.39 is 10.0 Å². The van der Waals surface area contributed by atoms with Crippen LogP contribution < -0.4 is 10.0 Å². The molecule has 0 radical (unpaired) electrons. The van der Waals surface area contributed by atoms with E-state index in [2.05, 4.69) is 23.0 Å². The van der Waals surface area contributed by atoms with Crippen LogP contribution in [-0.2, 0) is 10.0 Å². The average molecular weight is 321 g/mol. The summed E-state index contributed by atoms with van der Waals surface area (Å²) in [5, 5.41) is 12.4. The summed E-state index contributed by atoms with van der Waals surface area (Å²) in [6.07, 6.45) is 5.21. The van der Waals surface area contributed by atoms with Crippen molar-refractivity contribution in [2.75, 3.05) is 6.26 Å². The molecule has 0 heterocycles. The molecule has 22 heavy (non-hydrogen) atoms. The first-order valence-electron chi connectivity index (χ1n) is 7.62. The zero-order chi connectivity index (χ0) is 16.2. The van der Waals surface area contributed by atoms with E-state index in [-0.39, 0.29) is 18.1 Å². The molecule has 0 spiro atoms. The summed E-state index contributed by atoms with van der Waals surface area (Å²) in [7, 11) is -3.19. The van der Waals surface area contributed by atoms with Gasteiger partial charge in [-0.1, -0.05) is 25.0 Å². The van der Waals surface area contributed by atoms with Crippen LogP contribution in [-0.4, -0.2) is 26.8 Å². The minimum absolute atomic E-state index is 0.0513. The highest BCUT2D eigenvalue weighted by Crippen LogP contribution is 2.23. The SMILES string of the molecule is C[C@H](N[C@H]1CCCC[C@@H]1NS(C)(=O)=O)c1ccc(C#N)cc1. The topological polar surface area (TPSA) is 82.0 Å². The number of nitrogens with one attached hydrogen (secondary N) is 2. The van der Waals surface area contributed by atoms with Crippen LogP contribution in [0, 0.1) is 11.3 Å². The number of nitrogens with zero attached hydrogens (tertiary/aromatic N) is 1. The van der Waals surface area contributed by atoms with Crippen molar-refractivity contribution in [3.05, 3.63) is 35.4 Å². The molecule has 0 aromatic heterocycles. The van der Waals surface area contributed by atoms with Gasteiger partial charge in [-0.15, -0.1) is 0 Å². The minimum Gasteiger partial charge on any atom is -0.306 e. The fourth-order valence-corrected chi connectivity index (χ4v) is 3.84. The predicted octanol–water partition coefficient (Wildman–Crippen LogP) is 2.07. The summed E-state index contributed by atoms with van der Waals surface area (Å²) >= 11 is 0. The van der Waals surface area contributed by atoms with E-state index >= 15 is 0 Å². The second-order valence-electron chi connectivity index (χ2n) is 6.01. The van der Waals surface area contributed by atoms with Gasteiger partial charge in [-0.05, 0) is 37.5 Å². The van der Waals surface area contributed by atoms with Gasteiger partial charge < -0.3 is 5.32 Å². The highest BCUT2D eigenvalue weighted by molar-refractivity contribution is 7.88. The predicted molar refractivity (Wildman–Crippen MR) is 86.7 cm³/mol. The Morgan fingerprint density at radius 2 is 1.77 bits per heavy atom. The van der Waals surface area contributed by atoms with Gasteiger partial charge in [0.05, 0.1) is 17.9 Å². The molecule has 1 aliphatic carbocycles. The Bertz CT molecular complexity index is 634. The molecule has 0 bridgehead atoms. The Balaban J connectivity index is 2.04. The first kappa shape index (κ1) is 16.9. The Morgan fingerprint density at radius 1 is 1.18 bits per heavy atom. The van der Waals surface area contributed by atoms with Crippen molar-refractivity contribution < 1.29 is 8.42 Å². The number of hydrogen-bond donors (Lipinski definition) is 2. The number of sulfonamides is 1. The van der Waals surface area contributed by atoms with E-state index in [0.29, 0.717) is 5.56 Å². The van der Waals surface area contributed by atoms with Crippen LogP contribution in [0.2, 0.25) is 0 Å². The van der Waals surface area contributed by atoms with Gasteiger partial charge in [0.15, 0.2) is 0 Å². The number of benzene rings is 1. The zero-order valence-electron chi connectivity index (χ0n) is 13.0. The van der Waals surface area contributed by atoms with Crippen molar-refractivity contribution in [3.8, 4) is 6.07 Å². The van der Waals surface area contributed by atoms with Crippen molar-refractivity contribution >= 4 is 10.0 Å². The first-order valence-corrected chi connectivity index (χ1v) is 9.51. The summed E-state index contributed by atoms with van der Waals surface area (Å²) in [4.78, 5) is 0. The third-order valence-electron chi connectivity index (χ3n) is 4.14. The molecule has 2 N–H and O–H groups in total. The van der Waals surface area contributed by atoms with Crippen molar-refractivity contribution in [1.29, 1.82) is 5.26 Å². The fourth-order valence-electron chi connectivity index (χ4n) is 3.01. The molecule has 1 fully saturated rings. The molecule has 0 aliphatic heterocycles. The van der Waals surface area contributed by atoms with Gasteiger partial charge in [-0.25, -0.2) is 13.1 Å². The van der Waals surface area contributed by atoms with Crippen LogP contribution in [0.3, 0.4) is 0 Å². The van der Waals surface area contributed by atoms with Gasteiger partial charge in [-0.2, -0.15) is 5.26 Å². The van der Waals surface area contributed by atoms with E-state index in [4.69, 9.17) is 5.26 Å². The molecule has 0 saturated heterocycles. The molecular weight excluding hydrogens is 298 g/mol. The lowest BCUT2D eigenvalue weighted by Gasteiger charge is -2.34. The normalized spacial score (nSPS) is 23.7. The molecule has 1 aliphatic rings. The van der Waals surface area contributed by atoms with E-state index in [9.17, 15) is 8.42 Å². The van der Waals surface area contributed by atoms with Crippen LogP contribution in [0.4, 0.5) is 0 Å². The lowest BCUT2D eigenvalue weighted by atomic mass is 9.90. The molecule has 0 amide bonds. The van der Waals surface area contributed by atoms with Gasteiger partial charge in [0.1, 0.15) is 0 Å². The van der Waals surface area contributed by atoms with Crippen molar-refractivity contribution in [2.45, 2.75) is 50.7 Å². The molecule has 0 unspecified atom stereocenters. The van der Waals surface area contributed by atoms with Crippen LogP contribution in [0.15, 0.2) is 24.3 Å². The van der Waals surface area contributed by atoms with Crippen LogP contribution in [0.5, 0.6) is 0 Å². The van der Waals surface area contributed by atoms with Crippen molar-refractivity contribution in [2.24, 2.45) is 0 Å². The van der Waals surface area contributed by atoms with Gasteiger partial charge in [0.25, 0.3) is 0 Å². The van der Waals surface area contributed by atoms with Crippen LogP contribution in [0.1, 0.15) is 49.8 Å². The summed E-state index contributed by atoms with van der Waals surface area (Å²) in [5.74, 6) is 0. The molecule has 5 nitrogen and oxygen atoms in total. The number of nitriles is 1. The fraction of sp³-hybridized carbons (Fsp3) is 0.562. The van der Waals surface area contributed by atoms with Crippen molar-refractivity contribution in [1.82, 2.24) is 10.0 Å². The minimum atomic E-state index is -3.19. The summed E-state index contributed by atoms with van der Waals surface area (Å²) in [5.41, 5.74) is 1.74. The van der Waals surface area contributed by atoms with Crippen LogP contribution in [0.25, 0.3) is 0 Å². The molecule has 6 heteroatoms. The molecular formula is C16H23N3O2S. The quantitative estimate of drug-likeness (QED) is 0.870. The second kappa shape index (κ2) is 7.23. The third kappa shape index (κ3) is 4.80. The standard InChI is InChI=1S/C16H23N3O2S/c1-12(14-9-7-13(11-17)8-10-14)18-15-5-3-4-6-16(15)19-22(2,20)21/h7-10,12,15-16,18-19H,3-6H2,1-2H3/t12-,15-,16-/m0/s1. The Hall–Kier alpha value is -1.42. The van der Waals surface area contributed by atoms with E-state index in [0.717, 1.165) is 31.2 Å². The lowest BCUT2D eigenvalue weighted by molar-refractivity contribution is 0.291. The van der Waals surface area contributed by atoms with Gasteiger partial charge in [-0.3, -0.25) is 0 Å². The number of hydrogen-bond acceptors (Lipinski definition) is 4. The summed E-state index contributed by atoms with van der Waals surface area (Å²) in [6.45, 7) is 2.06. The maximum Gasteiger partial charge on any atom is 0.209 e. The molecule has 1 saturated carbocycles. The molecule has 3 atom stereocenters. The third-order valence-corrected chi connectivity index (χ3v) is 4.87. The number of rotatable bonds is 5. The summed E-state index contributed by atoms with van der Waals surface area (Å²) < 4.78 is 25.8. The van der Waals surface area contributed by atoms with E-state index in [1.54, 1.807) is 12.1 Å². The van der Waals surface area contributed by atoms with Gasteiger partial charge in [0.2, 0.25) is 10.0 Å². The average Bonchev–Trinajstić information content (AvgIpc) is 2.48. The zero-order valence-corrected chi connectivity index (χ0v) is 13.9. The smallest absolute Gasteiger partial charge is 0.209 e. The first-order chi connectivity index (χ1) is 10.4. The Kier molecular flexibility index (Phi) is 5.57. The highest BCUT2D eigenvalue weighted by atomic mass is 32.2. The Morgan fingerprint density at radius 3 is 2.32 bits per heavy atom. The highest BCUT2D eigenvalue weighted by Gasteiger charge is 2.28. The van der Waals surface area contributed by atoms with E-state index in [1.165, 1.54) is 6.26 Å².